The third kappa shape index (κ3) is 3.48. The summed E-state index contributed by atoms with van der Waals surface area (Å²) in [6.07, 6.45) is -4.28. The zero-order valence-corrected chi connectivity index (χ0v) is 10.6. The summed E-state index contributed by atoms with van der Waals surface area (Å²) in [5, 5.41) is 1.88. The molecule has 1 aromatic carbocycles. The number of aromatic nitrogens is 1. The molecular weight excluding hydrogens is 311 g/mol. The van der Waals surface area contributed by atoms with Gasteiger partial charge in [0, 0.05) is 17.8 Å². The molecule has 4 nitrogen and oxygen atoms in total. The molecule has 0 atom stereocenters. The Kier molecular flexibility index (Phi) is 3.98. The molecule has 116 valence electrons. The maximum absolute atomic E-state index is 13.0. The van der Waals surface area contributed by atoms with Gasteiger partial charge in [-0.25, -0.2) is 8.78 Å². The summed E-state index contributed by atoms with van der Waals surface area (Å²) >= 11 is 0. The smallest absolute Gasteiger partial charge is 0.327 e. The van der Waals surface area contributed by atoms with Crippen molar-refractivity contribution in [1.82, 2.24) is 4.98 Å². The lowest BCUT2D eigenvalue weighted by molar-refractivity contribution is -0.137. The van der Waals surface area contributed by atoms with Crippen LogP contribution in [-0.4, -0.2) is 10.9 Å². The van der Waals surface area contributed by atoms with Gasteiger partial charge in [-0.2, -0.15) is 13.2 Å². The summed E-state index contributed by atoms with van der Waals surface area (Å²) in [6, 6.07) is 2.31. The molecule has 0 spiro atoms. The van der Waals surface area contributed by atoms with Gasteiger partial charge in [-0.1, -0.05) is 0 Å². The van der Waals surface area contributed by atoms with E-state index in [4.69, 9.17) is 0 Å². The molecule has 2 N–H and O–H groups in total. The molecule has 0 fully saturated rings. The fraction of sp³-hybridized carbons (Fsp3) is 0.0769. The van der Waals surface area contributed by atoms with Crippen LogP contribution in [-0.2, 0) is 6.18 Å². The average molecular weight is 318 g/mol. The van der Waals surface area contributed by atoms with E-state index in [2.05, 4.69) is 0 Å². The lowest BCUT2D eigenvalue weighted by Gasteiger charge is -2.09. The van der Waals surface area contributed by atoms with Crippen LogP contribution in [0, 0.1) is 11.6 Å². The zero-order chi connectivity index (χ0) is 16.5. The van der Waals surface area contributed by atoms with Crippen LogP contribution in [0.15, 0.2) is 35.3 Å². The number of nitrogens with one attached hydrogen (secondary N) is 2. The quantitative estimate of drug-likeness (QED) is 0.836. The minimum absolute atomic E-state index is 0.423. The Morgan fingerprint density at radius 2 is 1.64 bits per heavy atom. The van der Waals surface area contributed by atoms with Gasteiger partial charge in [0.05, 0.1) is 5.56 Å². The molecule has 2 aromatic rings. The first-order valence-corrected chi connectivity index (χ1v) is 5.74. The summed E-state index contributed by atoms with van der Waals surface area (Å²) in [6.45, 7) is 0. The first-order chi connectivity index (χ1) is 10.2. The van der Waals surface area contributed by atoms with Gasteiger partial charge in [-0.15, -0.1) is 0 Å². The Bertz CT molecular complexity index is 762. The molecule has 1 heterocycles. The number of carbonyl (C=O) groups is 1. The van der Waals surface area contributed by atoms with Crippen LogP contribution in [0.3, 0.4) is 0 Å². The number of alkyl halides is 3. The second-order valence-corrected chi connectivity index (χ2v) is 4.24. The van der Waals surface area contributed by atoms with Crippen LogP contribution >= 0.6 is 0 Å². The third-order valence-electron chi connectivity index (χ3n) is 2.60. The van der Waals surface area contributed by atoms with Crippen molar-refractivity contribution in [2.75, 3.05) is 5.32 Å². The number of amides is 1. The summed E-state index contributed by atoms with van der Waals surface area (Å²) in [5.74, 6) is -3.20. The molecule has 0 aliphatic carbocycles. The molecule has 9 heteroatoms. The predicted molar refractivity (Wildman–Crippen MR) is 66.4 cm³/mol. The van der Waals surface area contributed by atoms with Crippen LogP contribution in [0.25, 0.3) is 0 Å². The van der Waals surface area contributed by atoms with Crippen molar-refractivity contribution in [1.29, 1.82) is 0 Å². The van der Waals surface area contributed by atoms with Crippen LogP contribution < -0.4 is 10.9 Å². The van der Waals surface area contributed by atoms with E-state index in [1.807, 2.05) is 10.3 Å². The third-order valence-corrected chi connectivity index (χ3v) is 2.60. The first kappa shape index (κ1) is 15.7. The number of rotatable bonds is 2. The Morgan fingerprint density at radius 3 is 2.18 bits per heavy atom. The van der Waals surface area contributed by atoms with E-state index >= 15 is 0 Å². The lowest BCUT2D eigenvalue weighted by Crippen LogP contribution is -2.21. The Balaban J connectivity index is 2.34. The van der Waals surface area contributed by atoms with Gasteiger partial charge < -0.3 is 10.3 Å². The maximum Gasteiger partial charge on any atom is 0.417 e. The Labute approximate surface area is 119 Å². The summed E-state index contributed by atoms with van der Waals surface area (Å²) < 4.78 is 63.6. The van der Waals surface area contributed by atoms with Crippen molar-refractivity contribution in [3.05, 3.63) is 63.6 Å². The van der Waals surface area contributed by atoms with Crippen molar-refractivity contribution in [3.63, 3.8) is 0 Å². The topological polar surface area (TPSA) is 62.0 Å². The highest BCUT2D eigenvalue weighted by Gasteiger charge is 2.31. The van der Waals surface area contributed by atoms with Crippen molar-refractivity contribution < 1.29 is 26.7 Å². The fourth-order valence-corrected chi connectivity index (χ4v) is 1.62. The molecule has 0 aliphatic rings. The predicted octanol–water partition coefficient (Wildman–Crippen LogP) is 2.92. The number of halogens is 5. The van der Waals surface area contributed by atoms with Crippen LogP contribution in [0.2, 0.25) is 0 Å². The average Bonchev–Trinajstić information content (AvgIpc) is 2.38. The van der Waals surface area contributed by atoms with Crippen molar-refractivity contribution in [3.8, 4) is 0 Å². The van der Waals surface area contributed by atoms with Gasteiger partial charge >= 0.3 is 6.18 Å². The van der Waals surface area contributed by atoms with Crippen molar-refractivity contribution in [2.45, 2.75) is 6.18 Å². The van der Waals surface area contributed by atoms with E-state index in [-0.39, 0.29) is 0 Å². The number of hydrogen-bond donors (Lipinski definition) is 2. The van der Waals surface area contributed by atoms with Crippen molar-refractivity contribution >= 4 is 11.6 Å². The second-order valence-electron chi connectivity index (χ2n) is 4.24. The standard InChI is InChI=1S/C13H7F5N2O2/c14-8-1-6(2-9(15)4-8)11(21)20-10-3-7(13(16,17)18)5-19-12(10)22/h1-5H,(H,19,22)(H,20,21). The zero-order valence-electron chi connectivity index (χ0n) is 10.6. The lowest BCUT2D eigenvalue weighted by atomic mass is 10.2. The Morgan fingerprint density at radius 1 is 1.05 bits per heavy atom. The molecule has 0 unspecified atom stereocenters. The largest absolute Gasteiger partial charge is 0.417 e. The Hall–Kier alpha value is -2.71. The summed E-state index contributed by atoms with van der Waals surface area (Å²) in [4.78, 5) is 25.0. The maximum atomic E-state index is 13.0. The fourth-order valence-electron chi connectivity index (χ4n) is 1.62. The number of pyridine rings is 1. The highest BCUT2D eigenvalue weighted by molar-refractivity contribution is 6.04. The van der Waals surface area contributed by atoms with Gasteiger partial charge in [-0.05, 0) is 18.2 Å². The summed E-state index contributed by atoms with van der Waals surface area (Å²) in [7, 11) is 0. The molecule has 0 aliphatic heterocycles. The van der Waals surface area contributed by atoms with Gasteiger partial charge in [-0.3, -0.25) is 9.59 Å². The molecule has 2 rings (SSSR count). The number of carbonyl (C=O) groups excluding carboxylic acids is 1. The molecule has 0 bridgehead atoms. The molecule has 1 aromatic heterocycles. The molecule has 0 radical (unpaired) electrons. The summed E-state index contributed by atoms with van der Waals surface area (Å²) in [5.41, 5.74) is -3.34. The number of anilines is 1. The van der Waals surface area contributed by atoms with Gasteiger partial charge in [0.15, 0.2) is 0 Å². The number of benzene rings is 1. The van der Waals surface area contributed by atoms with Gasteiger partial charge in [0.25, 0.3) is 11.5 Å². The van der Waals surface area contributed by atoms with E-state index in [0.29, 0.717) is 30.5 Å². The van der Waals surface area contributed by atoms with Crippen LogP contribution in [0.4, 0.5) is 27.6 Å². The SMILES string of the molecule is O=C(Nc1cc(C(F)(F)F)c[nH]c1=O)c1cc(F)cc(F)c1. The number of aromatic amines is 1. The van der Waals surface area contributed by atoms with E-state index in [0.717, 1.165) is 0 Å². The molecular formula is C13H7F5N2O2. The van der Waals surface area contributed by atoms with E-state index < -0.39 is 46.1 Å². The van der Waals surface area contributed by atoms with Crippen molar-refractivity contribution in [2.24, 2.45) is 0 Å². The molecule has 0 saturated heterocycles. The molecule has 22 heavy (non-hydrogen) atoms. The normalized spacial score (nSPS) is 11.3. The number of H-pyrrole nitrogens is 1. The molecule has 0 saturated carbocycles. The molecule has 1 amide bonds. The van der Waals surface area contributed by atoms with Crippen LogP contribution in [0.1, 0.15) is 15.9 Å². The van der Waals surface area contributed by atoms with E-state index in [1.165, 1.54) is 0 Å². The highest BCUT2D eigenvalue weighted by Crippen LogP contribution is 2.29. The minimum atomic E-state index is -4.73. The van der Waals surface area contributed by atoms with Crippen LogP contribution in [0.5, 0.6) is 0 Å². The first-order valence-electron chi connectivity index (χ1n) is 5.74. The minimum Gasteiger partial charge on any atom is -0.327 e. The van der Waals surface area contributed by atoms with Gasteiger partial charge in [0.1, 0.15) is 17.3 Å². The number of hydrogen-bond acceptors (Lipinski definition) is 2. The van der Waals surface area contributed by atoms with Gasteiger partial charge in [0.2, 0.25) is 0 Å². The highest BCUT2D eigenvalue weighted by atomic mass is 19.4. The second kappa shape index (κ2) is 5.58. The van der Waals surface area contributed by atoms with E-state index in [9.17, 15) is 31.5 Å². The van der Waals surface area contributed by atoms with E-state index in [1.54, 1.807) is 0 Å². The monoisotopic (exact) mass is 318 g/mol.